The third kappa shape index (κ3) is 21.7. The Bertz CT molecular complexity index is 1880. The van der Waals surface area contributed by atoms with Crippen molar-refractivity contribution < 1.29 is 0 Å². The molecule has 16 nitrogen and oxygen atoms in total. The molecule has 16 rings (SSSR count). The zero-order chi connectivity index (χ0) is 64.2. The number of likely N-dealkylation sites (N-methyl/N-ethyl adjacent to an activating group) is 4. The molecule has 0 amide bonds. The molecular weight excluding hydrogens is 1110 g/mol. The molecule has 16 fully saturated rings. The Labute approximate surface area is 556 Å². The molecule has 524 valence electrons. The van der Waals surface area contributed by atoms with E-state index in [0.717, 1.165) is 95.2 Å². The normalized spacial score (nSPS) is 40.5. The van der Waals surface area contributed by atoms with Crippen LogP contribution in [0.5, 0.6) is 0 Å². The van der Waals surface area contributed by atoms with Crippen LogP contribution < -0.4 is 0 Å². The molecule has 16 heteroatoms. The van der Waals surface area contributed by atoms with Gasteiger partial charge in [0.1, 0.15) is 0 Å². The van der Waals surface area contributed by atoms with Crippen LogP contribution in [0.2, 0.25) is 0 Å². The van der Waals surface area contributed by atoms with Gasteiger partial charge in [0, 0.05) is 129 Å². The summed E-state index contributed by atoms with van der Waals surface area (Å²) in [7, 11) is 36.1. The highest BCUT2D eigenvalue weighted by atomic mass is 15.3. The van der Waals surface area contributed by atoms with Gasteiger partial charge in [0.2, 0.25) is 0 Å². The summed E-state index contributed by atoms with van der Waals surface area (Å²) < 4.78 is 0. The minimum Gasteiger partial charge on any atom is -0.306 e. The molecule has 16 aliphatic rings. The van der Waals surface area contributed by atoms with Gasteiger partial charge in [-0.1, -0.05) is 0 Å². The Hall–Kier alpha value is -0.640. The lowest BCUT2D eigenvalue weighted by Gasteiger charge is -2.42. The van der Waals surface area contributed by atoms with Crippen molar-refractivity contribution in [2.45, 2.75) is 114 Å². The molecule has 0 aliphatic carbocycles. The third-order valence-electron chi connectivity index (χ3n) is 26.5. The predicted molar refractivity (Wildman–Crippen MR) is 382 cm³/mol. The Morgan fingerprint density at radius 3 is 0.678 bits per heavy atom. The van der Waals surface area contributed by atoms with Crippen LogP contribution in [0, 0.1) is 71.0 Å². The average Bonchev–Trinajstić information content (AvgIpc) is 1.51. The summed E-state index contributed by atoms with van der Waals surface area (Å²) in [5.41, 5.74) is 0. The SMILES string of the molecule is CN1CC2CCCN(C)C2C1.CN1CC2CCCN(C)C2C1.CN1CCC2C(CCN2C)C1.CN1CCC2C(CCN2C)C1.CN1CCC2CCN(C)CC2C1.CN1CCC2CN(C)CC2C1.CN1CCC2CN(C)CC2C1.CN1CCC2CN(C)CCC2C1. The standard InChI is InChI=1S/2C10H20N2.6C9H18N2/c1-11-5-3-10-8-12(2)6-4-9(10)7-11;1-11-5-3-9-4-6-12(2)8-10(9)7-11;2*1-10-5-4-9-8(7-10)3-6-11(9)2;2*1-10-4-3-8-5-11(2)7-9(8)6-10;2*1-10-6-8-4-3-5-11(2)9(8)7-10/h2*9-10H,3-8H2,1-2H3;6*8-9H,3-7H2,1-2H3. The maximum absolute atomic E-state index is 2.54. The first-order valence-electron chi connectivity index (χ1n) is 38.1. The first-order valence-corrected chi connectivity index (χ1v) is 38.1. The van der Waals surface area contributed by atoms with Crippen molar-refractivity contribution in [2.24, 2.45) is 71.0 Å². The molecule has 16 aliphatic heterocycles. The molecule has 16 saturated heterocycles. The lowest BCUT2D eigenvalue weighted by atomic mass is 9.80. The Balaban J connectivity index is 0.000000122. The second-order valence-electron chi connectivity index (χ2n) is 34.5. The molecule has 0 saturated carbocycles. The van der Waals surface area contributed by atoms with Crippen LogP contribution in [0.25, 0.3) is 0 Å². The van der Waals surface area contributed by atoms with E-state index in [1.54, 1.807) is 0 Å². The van der Waals surface area contributed by atoms with Gasteiger partial charge >= 0.3 is 0 Å². The maximum atomic E-state index is 2.54. The Morgan fingerprint density at radius 1 is 0.144 bits per heavy atom. The van der Waals surface area contributed by atoms with Gasteiger partial charge in [0.05, 0.1) is 0 Å². The number of nitrogens with zero attached hydrogens (tertiary/aromatic N) is 16. The predicted octanol–water partition coefficient (Wildman–Crippen LogP) is 5.35. The van der Waals surface area contributed by atoms with E-state index in [9.17, 15) is 0 Å². The van der Waals surface area contributed by atoms with Gasteiger partial charge in [-0.25, -0.2) is 0 Å². The van der Waals surface area contributed by atoms with Crippen molar-refractivity contribution in [2.75, 3.05) is 296 Å². The van der Waals surface area contributed by atoms with Crippen LogP contribution >= 0.6 is 0 Å². The fourth-order valence-electron chi connectivity index (χ4n) is 21.0. The van der Waals surface area contributed by atoms with Gasteiger partial charge in [-0.15, -0.1) is 0 Å². The number of hydrogen-bond acceptors (Lipinski definition) is 16. The second-order valence-corrected chi connectivity index (χ2v) is 34.5. The zero-order valence-corrected chi connectivity index (χ0v) is 62.1. The van der Waals surface area contributed by atoms with E-state index in [-0.39, 0.29) is 0 Å². The molecule has 0 bridgehead atoms. The summed E-state index contributed by atoms with van der Waals surface area (Å²) in [6.07, 6.45) is 19.9. The number of hydrogen-bond donors (Lipinski definition) is 0. The third-order valence-corrected chi connectivity index (χ3v) is 26.5. The van der Waals surface area contributed by atoms with Gasteiger partial charge < -0.3 is 78.4 Å². The average molecular weight is 1260 g/mol. The summed E-state index contributed by atoms with van der Waals surface area (Å²) in [6.45, 7) is 37.0. The van der Waals surface area contributed by atoms with E-state index in [2.05, 4.69) is 191 Å². The fraction of sp³-hybridized carbons (Fsp3) is 1.00. The number of likely N-dealkylation sites (tertiary alicyclic amines) is 16. The van der Waals surface area contributed by atoms with E-state index in [1.807, 2.05) is 0 Å². The summed E-state index contributed by atoms with van der Waals surface area (Å²) in [4.78, 5) is 39.9. The Morgan fingerprint density at radius 2 is 0.344 bits per heavy atom. The van der Waals surface area contributed by atoms with Crippen molar-refractivity contribution in [1.29, 1.82) is 0 Å². The molecular formula is C74H148N16. The van der Waals surface area contributed by atoms with Crippen LogP contribution in [0.1, 0.15) is 89.9 Å². The highest BCUT2D eigenvalue weighted by Gasteiger charge is 2.41. The van der Waals surface area contributed by atoms with Crippen molar-refractivity contribution >= 4 is 0 Å². The highest BCUT2D eigenvalue weighted by molar-refractivity contribution is 4.96. The molecule has 14 unspecified atom stereocenters. The summed E-state index contributed by atoms with van der Waals surface area (Å²) in [6, 6.07) is 3.56. The van der Waals surface area contributed by atoms with Gasteiger partial charge in [-0.3, -0.25) is 0 Å². The van der Waals surface area contributed by atoms with Crippen LogP contribution in [0.15, 0.2) is 0 Å². The molecule has 0 radical (unpaired) electrons. The van der Waals surface area contributed by atoms with Crippen LogP contribution in [0.4, 0.5) is 0 Å². The monoisotopic (exact) mass is 1260 g/mol. The first-order chi connectivity index (χ1) is 43.1. The van der Waals surface area contributed by atoms with Gasteiger partial charge in [0.25, 0.3) is 0 Å². The molecule has 0 aromatic heterocycles. The van der Waals surface area contributed by atoms with Crippen LogP contribution in [0.3, 0.4) is 0 Å². The molecule has 0 aromatic rings. The summed E-state index contributed by atoms with van der Waals surface area (Å²) >= 11 is 0. The largest absolute Gasteiger partial charge is 0.306 e. The molecule has 0 N–H and O–H groups in total. The van der Waals surface area contributed by atoms with E-state index in [0.29, 0.717) is 0 Å². The minimum atomic E-state index is 0.869. The molecule has 0 spiro atoms. The minimum absolute atomic E-state index is 0.869. The summed E-state index contributed by atoms with van der Waals surface area (Å²) in [5.74, 6) is 11.8. The number of fused-ring (bicyclic) bond motifs is 8. The van der Waals surface area contributed by atoms with Crippen molar-refractivity contribution in [1.82, 2.24) is 78.4 Å². The van der Waals surface area contributed by atoms with Gasteiger partial charge in [-0.2, -0.15) is 0 Å². The lowest BCUT2D eigenvalue weighted by molar-refractivity contribution is 0.0646. The first kappa shape index (κ1) is 73.6. The van der Waals surface area contributed by atoms with Gasteiger partial charge in [0.15, 0.2) is 0 Å². The molecule has 90 heavy (non-hydrogen) atoms. The van der Waals surface area contributed by atoms with Crippen LogP contribution in [-0.2, 0) is 0 Å². The summed E-state index contributed by atoms with van der Waals surface area (Å²) in [5, 5.41) is 0. The van der Waals surface area contributed by atoms with Crippen molar-refractivity contribution in [3.63, 3.8) is 0 Å². The number of piperidine rings is 10. The van der Waals surface area contributed by atoms with Crippen molar-refractivity contribution in [3.8, 4) is 0 Å². The molecule has 0 aromatic carbocycles. The van der Waals surface area contributed by atoms with E-state index in [1.165, 1.54) is 273 Å². The van der Waals surface area contributed by atoms with Crippen molar-refractivity contribution in [3.05, 3.63) is 0 Å². The fourth-order valence-corrected chi connectivity index (χ4v) is 21.0. The molecule has 14 atom stereocenters. The maximum Gasteiger partial charge on any atom is 0.0260 e. The second kappa shape index (κ2) is 35.7. The smallest absolute Gasteiger partial charge is 0.0260 e. The van der Waals surface area contributed by atoms with E-state index >= 15 is 0 Å². The molecule has 16 heterocycles. The van der Waals surface area contributed by atoms with Gasteiger partial charge in [-0.05, 0) is 352 Å². The number of rotatable bonds is 0. The quantitative estimate of drug-likeness (QED) is 0.314. The Kier molecular flexibility index (Phi) is 29.2. The van der Waals surface area contributed by atoms with E-state index < -0.39 is 0 Å². The lowest BCUT2D eigenvalue weighted by Crippen LogP contribution is -2.47. The zero-order valence-electron chi connectivity index (χ0n) is 62.1. The topological polar surface area (TPSA) is 51.8 Å². The van der Waals surface area contributed by atoms with Crippen LogP contribution in [-0.4, -0.2) is 399 Å². The highest BCUT2D eigenvalue weighted by Crippen LogP contribution is 2.35. The van der Waals surface area contributed by atoms with E-state index in [4.69, 9.17) is 0 Å².